The number of aliphatic hydroxyl groups is 1. The van der Waals surface area contributed by atoms with E-state index >= 15 is 0 Å². The van der Waals surface area contributed by atoms with E-state index in [0.29, 0.717) is 0 Å². The first-order valence-corrected chi connectivity index (χ1v) is 6.25. The summed E-state index contributed by atoms with van der Waals surface area (Å²) in [6, 6.07) is 16.0. The zero-order valence-electron chi connectivity index (χ0n) is 9.36. The minimum atomic E-state index is 0.0894. The van der Waals surface area contributed by atoms with Gasteiger partial charge in [0.2, 0.25) is 0 Å². The van der Waals surface area contributed by atoms with Gasteiger partial charge < -0.3 is 10.4 Å². The summed E-state index contributed by atoms with van der Waals surface area (Å²) in [5, 5.41) is 12.4. The van der Waals surface area contributed by atoms with Gasteiger partial charge >= 0.3 is 0 Å². The van der Waals surface area contributed by atoms with Gasteiger partial charge in [0.1, 0.15) is 0 Å². The predicted octanol–water partition coefficient (Wildman–Crippen LogP) is 3.55. The summed E-state index contributed by atoms with van der Waals surface area (Å²) < 4.78 is 1.07. The molecule has 2 aromatic rings. The molecule has 0 aliphatic rings. The maximum Gasteiger partial charge on any atom is 0.0681 e. The number of hydrogen-bond donors (Lipinski definition) is 2. The zero-order chi connectivity index (χ0) is 12.1. The van der Waals surface area contributed by atoms with E-state index in [1.165, 1.54) is 5.56 Å². The molecule has 3 heteroatoms. The summed E-state index contributed by atoms with van der Waals surface area (Å²) >= 11 is 3.40. The second-order valence-corrected chi connectivity index (χ2v) is 4.75. The van der Waals surface area contributed by atoms with Crippen molar-refractivity contribution in [1.82, 2.24) is 0 Å². The molecule has 0 unspecified atom stereocenters. The van der Waals surface area contributed by atoms with Crippen molar-refractivity contribution in [3.63, 3.8) is 0 Å². The first-order valence-electron chi connectivity index (χ1n) is 5.46. The highest BCUT2D eigenvalue weighted by Gasteiger charge is 1.96. The van der Waals surface area contributed by atoms with Crippen molar-refractivity contribution in [2.75, 3.05) is 5.32 Å². The molecule has 2 nitrogen and oxygen atoms in total. The number of nitrogens with one attached hydrogen (secondary N) is 1. The largest absolute Gasteiger partial charge is 0.392 e. The van der Waals surface area contributed by atoms with Crippen molar-refractivity contribution in [3.05, 3.63) is 64.1 Å². The first kappa shape index (κ1) is 12.1. The highest BCUT2D eigenvalue weighted by Crippen LogP contribution is 2.15. The standard InChI is InChI=1S/C14H14BrNO/c15-13-4-6-14(7-5-13)16-9-11-2-1-3-12(8-11)10-17/h1-8,16-17H,9-10H2. The van der Waals surface area contributed by atoms with Crippen LogP contribution >= 0.6 is 15.9 Å². The van der Waals surface area contributed by atoms with Gasteiger partial charge in [-0.1, -0.05) is 40.2 Å². The van der Waals surface area contributed by atoms with Crippen molar-refractivity contribution in [3.8, 4) is 0 Å². The topological polar surface area (TPSA) is 32.3 Å². The molecule has 0 amide bonds. The summed E-state index contributed by atoms with van der Waals surface area (Å²) in [5.41, 5.74) is 3.20. The summed E-state index contributed by atoms with van der Waals surface area (Å²) in [6.07, 6.45) is 0. The molecule has 0 saturated heterocycles. The lowest BCUT2D eigenvalue weighted by Gasteiger charge is -2.07. The van der Waals surface area contributed by atoms with Crippen LogP contribution in [0.3, 0.4) is 0 Å². The molecule has 0 aliphatic heterocycles. The van der Waals surface area contributed by atoms with Gasteiger partial charge in [-0.25, -0.2) is 0 Å². The number of benzene rings is 2. The summed E-state index contributed by atoms with van der Waals surface area (Å²) in [6.45, 7) is 0.849. The third-order valence-corrected chi connectivity index (χ3v) is 3.04. The Bertz CT molecular complexity index is 482. The number of rotatable bonds is 4. The molecule has 88 valence electrons. The van der Waals surface area contributed by atoms with E-state index in [2.05, 4.69) is 21.2 Å². The SMILES string of the molecule is OCc1cccc(CNc2ccc(Br)cc2)c1. The van der Waals surface area contributed by atoms with Gasteiger partial charge in [-0.05, 0) is 35.4 Å². The molecule has 0 radical (unpaired) electrons. The molecule has 0 saturated carbocycles. The molecule has 2 aromatic carbocycles. The van der Waals surface area contributed by atoms with Gasteiger partial charge in [-0.15, -0.1) is 0 Å². The van der Waals surface area contributed by atoms with Crippen LogP contribution < -0.4 is 5.32 Å². The highest BCUT2D eigenvalue weighted by molar-refractivity contribution is 9.10. The Hall–Kier alpha value is -1.32. The zero-order valence-corrected chi connectivity index (χ0v) is 10.9. The normalized spacial score (nSPS) is 10.2. The van der Waals surface area contributed by atoms with Crippen LogP contribution in [0.1, 0.15) is 11.1 Å². The van der Waals surface area contributed by atoms with Crippen LogP contribution in [0.2, 0.25) is 0 Å². The van der Waals surface area contributed by atoms with Gasteiger partial charge in [0.05, 0.1) is 6.61 Å². The van der Waals surface area contributed by atoms with E-state index in [0.717, 1.165) is 22.3 Å². The Labute approximate surface area is 109 Å². The van der Waals surface area contributed by atoms with E-state index in [-0.39, 0.29) is 6.61 Å². The van der Waals surface area contributed by atoms with Crippen molar-refractivity contribution in [1.29, 1.82) is 0 Å². The molecule has 0 atom stereocenters. The van der Waals surface area contributed by atoms with Gasteiger partial charge in [0.25, 0.3) is 0 Å². The molecule has 0 heterocycles. The molecular weight excluding hydrogens is 278 g/mol. The fraction of sp³-hybridized carbons (Fsp3) is 0.143. The average Bonchev–Trinajstić information content (AvgIpc) is 2.38. The highest BCUT2D eigenvalue weighted by atomic mass is 79.9. The van der Waals surface area contributed by atoms with Crippen LogP contribution in [-0.2, 0) is 13.2 Å². The molecule has 0 aromatic heterocycles. The second kappa shape index (κ2) is 5.84. The minimum Gasteiger partial charge on any atom is -0.392 e. The minimum absolute atomic E-state index is 0.0894. The van der Waals surface area contributed by atoms with Crippen LogP contribution in [0.25, 0.3) is 0 Å². The molecule has 2 N–H and O–H groups in total. The van der Waals surface area contributed by atoms with Gasteiger partial charge in [-0.2, -0.15) is 0 Å². The Morgan fingerprint density at radius 2 is 1.71 bits per heavy atom. The quantitative estimate of drug-likeness (QED) is 0.903. The molecule has 2 rings (SSSR count). The molecule has 0 bridgehead atoms. The first-order chi connectivity index (χ1) is 8.28. The van der Waals surface area contributed by atoms with Gasteiger partial charge in [0.15, 0.2) is 0 Å². The lowest BCUT2D eigenvalue weighted by molar-refractivity contribution is 0.281. The Kier molecular flexibility index (Phi) is 4.18. The Balaban J connectivity index is 1.99. The lowest BCUT2D eigenvalue weighted by Crippen LogP contribution is -1.99. The van der Waals surface area contributed by atoms with Crippen LogP contribution in [0.5, 0.6) is 0 Å². The van der Waals surface area contributed by atoms with Crippen LogP contribution in [0.4, 0.5) is 5.69 Å². The summed E-state index contributed by atoms with van der Waals surface area (Å²) in [7, 11) is 0. The maximum absolute atomic E-state index is 9.05. The summed E-state index contributed by atoms with van der Waals surface area (Å²) in [5.74, 6) is 0. The van der Waals surface area contributed by atoms with Gasteiger partial charge in [0, 0.05) is 16.7 Å². The Morgan fingerprint density at radius 3 is 2.41 bits per heavy atom. The predicted molar refractivity (Wildman–Crippen MR) is 73.8 cm³/mol. The van der Waals surface area contributed by atoms with Crippen molar-refractivity contribution in [2.45, 2.75) is 13.2 Å². The van der Waals surface area contributed by atoms with Crippen LogP contribution in [0, 0.1) is 0 Å². The van der Waals surface area contributed by atoms with E-state index in [1.807, 2.05) is 48.5 Å². The van der Waals surface area contributed by atoms with Gasteiger partial charge in [-0.3, -0.25) is 0 Å². The molecule has 17 heavy (non-hydrogen) atoms. The number of hydrogen-bond acceptors (Lipinski definition) is 2. The Morgan fingerprint density at radius 1 is 1.00 bits per heavy atom. The van der Waals surface area contributed by atoms with Crippen molar-refractivity contribution in [2.24, 2.45) is 0 Å². The fourth-order valence-electron chi connectivity index (χ4n) is 1.61. The van der Waals surface area contributed by atoms with E-state index in [1.54, 1.807) is 0 Å². The molecule has 0 aliphatic carbocycles. The smallest absolute Gasteiger partial charge is 0.0681 e. The van der Waals surface area contributed by atoms with E-state index in [4.69, 9.17) is 5.11 Å². The van der Waals surface area contributed by atoms with Crippen molar-refractivity contribution >= 4 is 21.6 Å². The maximum atomic E-state index is 9.05. The van der Waals surface area contributed by atoms with E-state index < -0.39 is 0 Å². The molecular formula is C14H14BrNO. The average molecular weight is 292 g/mol. The second-order valence-electron chi connectivity index (χ2n) is 3.84. The molecule has 0 fully saturated rings. The van der Waals surface area contributed by atoms with Crippen molar-refractivity contribution < 1.29 is 5.11 Å². The third-order valence-electron chi connectivity index (χ3n) is 2.51. The van der Waals surface area contributed by atoms with Crippen LogP contribution in [-0.4, -0.2) is 5.11 Å². The monoisotopic (exact) mass is 291 g/mol. The molecule has 0 spiro atoms. The lowest BCUT2D eigenvalue weighted by atomic mass is 10.1. The number of halogens is 1. The third kappa shape index (κ3) is 3.58. The summed E-state index contributed by atoms with van der Waals surface area (Å²) in [4.78, 5) is 0. The number of anilines is 1. The van der Waals surface area contributed by atoms with Crippen LogP contribution in [0.15, 0.2) is 53.0 Å². The fourth-order valence-corrected chi connectivity index (χ4v) is 1.87. The number of aliphatic hydroxyl groups excluding tert-OH is 1. The van der Waals surface area contributed by atoms with E-state index in [9.17, 15) is 0 Å².